The molecule has 0 aromatic heterocycles. The van der Waals surface area contributed by atoms with E-state index in [1.807, 2.05) is 26.0 Å². The first kappa shape index (κ1) is 26.1. The Labute approximate surface area is 192 Å². The van der Waals surface area contributed by atoms with Crippen LogP contribution >= 0.6 is 24.0 Å². The van der Waals surface area contributed by atoms with Gasteiger partial charge >= 0.3 is 0 Å². The number of nitrogens with one attached hydrogen (secondary N) is 2. The molecule has 29 heavy (non-hydrogen) atoms. The number of rotatable bonds is 8. The lowest BCUT2D eigenvalue weighted by atomic mass is 10.1. The molecular formula is C20H35IN4O3S. The Kier molecular flexibility index (Phi) is 11.4. The van der Waals surface area contributed by atoms with E-state index in [0.29, 0.717) is 17.4 Å². The van der Waals surface area contributed by atoms with E-state index in [-0.39, 0.29) is 24.0 Å². The first-order chi connectivity index (χ1) is 13.3. The van der Waals surface area contributed by atoms with Crippen molar-refractivity contribution in [3.05, 3.63) is 29.3 Å². The highest BCUT2D eigenvalue weighted by Gasteiger charge is 2.14. The molecule has 1 aliphatic rings. The molecule has 1 aliphatic heterocycles. The van der Waals surface area contributed by atoms with Gasteiger partial charge in [0.25, 0.3) is 0 Å². The first-order valence-corrected chi connectivity index (χ1v) is 11.8. The number of aryl methyl sites for hydroxylation is 1. The van der Waals surface area contributed by atoms with Crippen LogP contribution in [0.4, 0.5) is 0 Å². The summed E-state index contributed by atoms with van der Waals surface area (Å²) in [5.41, 5.74) is 1.75. The summed E-state index contributed by atoms with van der Waals surface area (Å²) in [6.45, 7) is 12.9. The van der Waals surface area contributed by atoms with Gasteiger partial charge < -0.3 is 15.4 Å². The maximum absolute atomic E-state index is 11.8. The minimum absolute atomic E-state index is 0. The molecule has 1 aromatic carbocycles. The van der Waals surface area contributed by atoms with Gasteiger partial charge in [-0.15, -0.1) is 24.0 Å². The van der Waals surface area contributed by atoms with Crippen molar-refractivity contribution in [3.8, 4) is 0 Å². The van der Waals surface area contributed by atoms with Crippen molar-refractivity contribution in [1.82, 2.24) is 15.5 Å². The Morgan fingerprint density at radius 1 is 1.28 bits per heavy atom. The van der Waals surface area contributed by atoms with Gasteiger partial charge in [-0.1, -0.05) is 19.1 Å². The van der Waals surface area contributed by atoms with Crippen LogP contribution in [0, 0.1) is 12.8 Å². The van der Waals surface area contributed by atoms with E-state index < -0.39 is 9.84 Å². The highest BCUT2D eigenvalue weighted by molar-refractivity contribution is 14.0. The molecule has 0 spiro atoms. The van der Waals surface area contributed by atoms with Gasteiger partial charge in [0.1, 0.15) is 0 Å². The molecule has 0 bridgehead atoms. The molecule has 0 amide bonds. The molecule has 1 saturated heterocycles. The first-order valence-electron chi connectivity index (χ1n) is 9.91. The molecule has 2 rings (SSSR count). The molecule has 166 valence electrons. The van der Waals surface area contributed by atoms with E-state index >= 15 is 0 Å². The van der Waals surface area contributed by atoms with Crippen LogP contribution in [-0.2, 0) is 21.1 Å². The van der Waals surface area contributed by atoms with E-state index in [2.05, 4.69) is 27.4 Å². The third-order valence-corrected chi connectivity index (χ3v) is 5.95. The molecule has 2 N–H and O–H groups in total. The number of nitrogens with zero attached hydrogens (tertiary/aromatic N) is 2. The van der Waals surface area contributed by atoms with Crippen LogP contribution < -0.4 is 10.6 Å². The zero-order valence-electron chi connectivity index (χ0n) is 17.9. The predicted octanol–water partition coefficient (Wildman–Crippen LogP) is 2.04. The van der Waals surface area contributed by atoms with Crippen LogP contribution in [0.1, 0.15) is 25.0 Å². The molecule has 0 saturated carbocycles. The Balaban J connectivity index is 0.00000420. The molecule has 1 heterocycles. The maximum Gasteiger partial charge on any atom is 0.191 e. The summed E-state index contributed by atoms with van der Waals surface area (Å²) in [6, 6.07) is 5.39. The molecule has 0 radical (unpaired) electrons. The quantitative estimate of drug-likeness (QED) is 0.300. The van der Waals surface area contributed by atoms with Crippen LogP contribution in [0.3, 0.4) is 0 Å². The fourth-order valence-electron chi connectivity index (χ4n) is 3.30. The summed E-state index contributed by atoms with van der Waals surface area (Å²) >= 11 is 0. The van der Waals surface area contributed by atoms with E-state index in [4.69, 9.17) is 4.74 Å². The van der Waals surface area contributed by atoms with Gasteiger partial charge in [0, 0.05) is 39.0 Å². The number of ether oxygens (including phenoxy) is 1. The van der Waals surface area contributed by atoms with Crippen LogP contribution in [-0.4, -0.2) is 71.5 Å². The highest BCUT2D eigenvalue weighted by atomic mass is 127. The molecular weight excluding hydrogens is 503 g/mol. The van der Waals surface area contributed by atoms with E-state index in [1.54, 1.807) is 6.07 Å². The molecule has 0 aliphatic carbocycles. The molecule has 7 nitrogen and oxygen atoms in total. The summed E-state index contributed by atoms with van der Waals surface area (Å²) in [6.07, 6.45) is 1.23. The number of halogens is 1. The van der Waals surface area contributed by atoms with Gasteiger partial charge in [-0.3, -0.25) is 4.90 Å². The summed E-state index contributed by atoms with van der Waals surface area (Å²) in [5, 5.41) is 6.69. The van der Waals surface area contributed by atoms with Crippen LogP contribution in [0.25, 0.3) is 0 Å². The smallest absolute Gasteiger partial charge is 0.191 e. The van der Waals surface area contributed by atoms with Crippen LogP contribution in [0.15, 0.2) is 28.1 Å². The summed E-state index contributed by atoms with van der Waals surface area (Å²) in [5.74, 6) is 1.28. The Morgan fingerprint density at radius 2 is 1.97 bits per heavy atom. The molecule has 1 unspecified atom stereocenters. The Hall–Kier alpha value is -0.910. The second kappa shape index (κ2) is 12.7. The minimum Gasteiger partial charge on any atom is -0.379 e. The van der Waals surface area contributed by atoms with Crippen molar-refractivity contribution in [2.75, 3.05) is 52.2 Å². The van der Waals surface area contributed by atoms with Crippen molar-refractivity contribution >= 4 is 39.8 Å². The lowest BCUT2D eigenvalue weighted by Gasteiger charge is -2.29. The summed E-state index contributed by atoms with van der Waals surface area (Å²) in [7, 11) is -3.19. The highest BCUT2D eigenvalue weighted by Crippen LogP contribution is 2.17. The van der Waals surface area contributed by atoms with Gasteiger partial charge in [-0.25, -0.2) is 13.4 Å². The molecule has 1 fully saturated rings. The van der Waals surface area contributed by atoms with Crippen LogP contribution in [0.5, 0.6) is 0 Å². The van der Waals surface area contributed by atoms with E-state index in [9.17, 15) is 8.42 Å². The second-order valence-electron chi connectivity index (χ2n) is 7.47. The topological polar surface area (TPSA) is 83.0 Å². The normalized spacial score (nSPS) is 16.8. The summed E-state index contributed by atoms with van der Waals surface area (Å²) < 4.78 is 28.9. The van der Waals surface area contributed by atoms with Gasteiger partial charge in [0.05, 0.1) is 24.7 Å². The zero-order chi connectivity index (χ0) is 20.6. The third kappa shape index (κ3) is 9.18. The largest absolute Gasteiger partial charge is 0.379 e. The number of hydrogen-bond donors (Lipinski definition) is 2. The molecule has 9 heteroatoms. The number of aliphatic imine (C=N–C) groups is 1. The summed E-state index contributed by atoms with van der Waals surface area (Å²) in [4.78, 5) is 7.46. The monoisotopic (exact) mass is 538 g/mol. The van der Waals surface area contributed by atoms with Gasteiger partial charge in [-0.05, 0) is 37.0 Å². The van der Waals surface area contributed by atoms with Gasteiger partial charge in [0.15, 0.2) is 15.8 Å². The van der Waals surface area contributed by atoms with Crippen molar-refractivity contribution < 1.29 is 13.2 Å². The lowest BCUT2D eigenvalue weighted by Crippen LogP contribution is -2.44. The minimum atomic E-state index is -3.19. The van der Waals surface area contributed by atoms with Crippen molar-refractivity contribution in [3.63, 3.8) is 0 Å². The zero-order valence-corrected chi connectivity index (χ0v) is 21.0. The SMILES string of the molecule is CCNC(=NCc1ccc(S(C)(=O)=O)c(C)c1)NCC(C)CN1CCOCC1.I. The average molecular weight is 538 g/mol. The van der Waals surface area contributed by atoms with Gasteiger partial charge in [-0.2, -0.15) is 0 Å². The number of sulfone groups is 1. The standard InChI is InChI=1S/C20H34N4O3S.HI/c1-5-21-20(22-13-16(2)15-24-8-10-27-11-9-24)23-14-18-6-7-19(17(3)12-18)28(4,25)26;/h6-7,12,16H,5,8-11,13-15H2,1-4H3,(H2,21,22,23);1H. The molecule has 1 atom stereocenters. The van der Waals surface area contributed by atoms with Gasteiger partial charge in [0.2, 0.25) is 0 Å². The van der Waals surface area contributed by atoms with Crippen molar-refractivity contribution in [2.45, 2.75) is 32.2 Å². The number of morpholine rings is 1. The number of guanidine groups is 1. The molecule has 1 aromatic rings. The fourth-order valence-corrected chi connectivity index (χ4v) is 4.26. The number of benzene rings is 1. The third-order valence-electron chi connectivity index (χ3n) is 4.69. The Morgan fingerprint density at radius 3 is 2.55 bits per heavy atom. The van der Waals surface area contributed by atoms with Crippen molar-refractivity contribution in [2.24, 2.45) is 10.9 Å². The predicted molar refractivity (Wildman–Crippen MR) is 129 cm³/mol. The Bertz CT molecular complexity index is 765. The van der Waals surface area contributed by atoms with E-state index in [1.165, 1.54) is 6.26 Å². The fraction of sp³-hybridized carbons (Fsp3) is 0.650. The van der Waals surface area contributed by atoms with Crippen LogP contribution in [0.2, 0.25) is 0 Å². The average Bonchev–Trinajstić information content (AvgIpc) is 2.64. The lowest BCUT2D eigenvalue weighted by molar-refractivity contribution is 0.0320. The van der Waals surface area contributed by atoms with E-state index in [0.717, 1.165) is 63.0 Å². The second-order valence-corrected chi connectivity index (χ2v) is 9.45. The number of hydrogen-bond acceptors (Lipinski definition) is 5. The maximum atomic E-state index is 11.8. The van der Waals surface area contributed by atoms with Crippen molar-refractivity contribution in [1.29, 1.82) is 0 Å².